The fraction of sp³-hybridized carbons (Fsp3) is 0.455. The SMILES string of the molecule is CN1CCC[C@@H]1C(=N)n1cc(F)ccc1=N. The average molecular weight is 222 g/mol. The van der Waals surface area contributed by atoms with E-state index in [-0.39, 0.29) is 17.4 Å². The maximum absolute atomic E-state index is 13.1. The Labute approximate surface area is 93.3 Å². The van der Waals surface area contributed by atoms with Gasteiger partial charge in [-0.15, -0.1) is 0 Å². The molecule has 1 atom stereocenters. The molecule has 0 aromatic carbocycles. The molecule has 0 radical (unpaired) electrons. The highest BCUT2D eigenvalue weighted by molar-refractivity contribution is 5.86. The van der Waals surface area contributed by atoms with Crippen molar-refractivity contribution in [2.75, 3.05) is 13.6 Å². The minimum Gasteiger partial charge on any atom is -0.297 e. The van der Waals surface area contributed by atoms with E-state index in [9.17, 15) is 4.39 Å². The molecule has 2 N–H and O–H groups in total. The molecule has 16 heavy (non-hydrogen) atoms. The van der Waals surface area contributed by atoms with E-state index in [1.54, 1.807) is 0 Å². The molecular weight excluding hydrogens is 207 g/mol. The van der Waals surface area contributed by atoms with Gasteiger partial charge in [0.05, 0.1) is 6.04 Å². The largest absolute Gasteiger partial charge is 0.297 e. The zero-order chi connectivity index (χ0) is 11.7. The third-order valence-corrected chi connectivity index (χ3v) is 3.01. The molecule has 0 saturated carbocycles. The monoisotopic (exact) mass is 222 g/mol. The molecule has 5 heteroatoms. The minimum absolute atomic E-state index is 0.00380. The van der Waals surface area contributed by atoms with Crippen molar-refractivity contribution in [3.05, 3.63) is 29.6 Å². The Bertz CT molecular complexity index is 465. The second kappa shape index (κ2) is 4.17. The zero-order valence-corrected chi connectivity index (χ0v) is 9.20. The first-order chi connectivity index (χ1) is 7.59. The van der Waals surface area contributed by atoms with E-state index in [0.29, 0.717) is 0 Å². The number of likely N-dealkylation sites (N-methyl/N-ethyl adjacent to an activating group) is 1. The fourth-order valence-corrected chi connectivity index (χ4v) is 2.09. The lowest BCUT2D eigenvalue weighted by Gasteiger charge is -2.21. The molecule has 2 heterocycles. The van der Waals surface area contributed by atoms with Gasteiger partial charge in [-0.3, -0.25) is 20.3 Å². The first-order valence-electron chi connectivity index (χ1n) is 5.31. The van der Waals surface area contributed by atoms with Crippen LogP contribution in [0.1, 0.15) is 12.8 Å². The van der Waals surface area contributed by atoms with Crippen molar-refractivity contribution in [1.29, 1.82) is 10.8 Å². The summed E-state index contributed by atoms with van der Waals surface area (Å²) in [7, 11) is 1.95. The van der Waals surface area contributed by atoms with Crippen LogP contribution in [0.3, 0.4) is 0 Å². The van der Waals surface area contributed by atoms with Gasteiger partial charge in [-0.05, 0) is 38.6 Å². The van der Waals surface area contributed by atoms with Crippen LogP contribution < -0.4 is 5.49 Å². The molecule has 0 unspecified atom stereocenters. The highest BCUT2D eigenvalue weighted by atomic mass is 19.1. The van der Waals surface area contributed by atoms with Crippen LogP contribution in [0.2, 0.25) is 0 Å². The van der Waals surface area contributed by atoms with Gasteiger partial charge in [0.25, 0.3) is 0 Å². The number of nitrogens with one attached hydrogen (secondary N) is 2. The summed E-state index contributed by atoms with van der Waals surface area (Å²) in [6.45, 7) is 0.955. The van der Waals surface area contributed by atoms with E-state index in [0.717, 1.165) is 19.4 Å². The van der Waals surface area contributed by atoms with Crippen molar-refractivity contribution in [2.24, 2.45) is 0 Å². The van der Waals surface area contributed by atoms with Crippen LogP contribution in [0, 0.1) is 16.6 Å². The molecule has 1 aromatic heterocycles. The van der Waals surface area contributed by atoms with E-state index >= 15 is 0 Å². The van der Waals surface area contributed by atoms with E-state index < -0.39 is 5.82 Å². The van der Waals surface area contributed by atoms with Gasteiger partial charge in [0.15, 0.2) is 0 Å². The lowest BCUT2D eigenvalue weighted by Crippen LogP contribution is -2.40. The number of hydrogen-bond acceptors (Lipinski definition) is 3. The van der Waals surface area contributed by atoms with Crippen LogP contribution in [0.5, 0.6) is 0 Å². The van der Waals surface area contributed by atoms with Crippen LogP contribution in [0.4, 0.5) is 4.39 Å². The quantitative estimate of drug-likeness (QED) is 0.541. The van der Waals surface area contributed by atoms with Gasteiger partial charge in [0.1, 0.15) is 17.1 Å². The molecule has 1 fully saturated rings. The van der Waals surface area contributed by atoms with E-state index in [4.69, 9.17) is 10.8 Å². The molecule has 1 saturated heterocycles. The molecular formula is C11H15FN4. The standard InChI is InChI=1S/C11H15FN4/c1-15-6-2-3-9(15)11(14)16-7-8(12)4-5-10(16)13/h4-5,7,9,13-14H,2-3,6H2,1H3/t9-/m1/s1. The van der Waals surface area contributed by atoms with Gasteiger partial charge >= 0.3 is 0 Å². The number of pyridine rings is 1. The molecule has 0 spiro atoms. The molecule has 4 nitrogen and oxygen atoms in total. The Morgan fingerprint density at radius 3 is 2.88 bits per heavy atom. The first kappa shape index (κ1) is 11.0. The molecule has 0 aliphatic carbocycles. The second-order valence-electron chi connectivity index (χ2n) is 4.13. The predicted octanol–water partition coefficient (Wildman–Crippen LogP) is 1.03. The van der Waals surface area contributed by atoms with Crippen LogP contribution in [-0.4, -0.2) is 34.9 Å². The van der Waals surface area contributed by atoms with Crippen LogP contribution in [0.15, 0.2) is 18.3 Å². The summed E-state index contributed by atoms with van der Waals surface area (Å²) < 4.78 is 14.4. The Hall–Kier alpha value is -1.49. The lowest BCUT2D eigenvalue weighted by molar-refractivity contribution is 0.366. The van der Waals surface area contributed by atoms with Crippen molar-refractivity contribution in [2.45, 2.75) is 18.9 Å². The third-order valence-electron chi connectivity index (χ3n) is 3.01. The van der Waals surface area contributed by atoms with E-state index in [1.165, 1.54) is 22.9 Å². The molecule has 0 bridgehead atoms. The topological polar surface area (TPSA) is 55.9 Å². The Morgan fingerprint density at radius 2 is 2.25 bits per heavy atom. The highest BCUT2D eigenvalue weighted by Gasteiger charge is 2.26. The molecule has 86 valence electrons. The maximum atomic E-state index is 13.1. The number of rotatable bonds is 1. The highest BCUT2D eigenvalue weighted by Crippen LogP contribution is 2.15. The number of likely N-dealkylation sites (tertiary alicyclic amines) is 1. The predicted molar refractivity (Wildman–Crippen MR) is 59.0 cm³/mol. The molecule has 2 rings (SSSR count). The van der Waals surface area contributed by atoms with Crippen molar-refractivity contribution < 1.29 is 4.39 Å². The normalized spacial score (nSPS) is 21.2. The second-order valence-corrected chi connectivity index (χ2v) is 4.13. The number of aromatic nitrogens is 1. The van der Waals surface area contributed by atoms with Gasteiger partial charge in [-0.2, -0.15) is 0 Å². The van der Waals surface area contributed by atoms with Crippen LogP contribution in [-0.2, 0) is 0 Å². The van der Waals surface area contributed by atoms with Crippen molar-refractivity contribution in [3.63, 3.8) is 0 Å². The zero-order valence-electron chi connectivity index (χ0n) is 9.20. The molecule has 1 aliphatic heterocycles. The summed E-state index contributed by atoms with van der Waals surface area (Å²) in [5, 5.41) is 15.7. The number of halogens is 1. The molecule has 1 aliphatic rings. The van der Waals surface area contributed by atoms with Gasteiger partial charge in [0, 0.05) is 6.20 Å². The van der Waals surface area contributed by atoms with Crippen molar-refractivity contribution >= 4 is 5.84 Å². The van der Waals surface area contributed by atoms with Crippen LogP contribution in [0.25, 0.3) is 0 Å². The minimum atomic E-state index is -0.415. The Kier molecular flexibility index (Phi) is 2.87. The molecule has 1 aromatic rings. The number of nitrogens with zero attached hydrogens (tertiary/aromatic N) is 2. The summed E-state index contributed by atoms with van der Waals surface area (Å²) in [6.07, 6.45) is 3.15. The van der Waals surface area contributed by atoms with Crippen molar-refractivity contribution in [3.8, 4) is 0 Å². The van der Waals surface area contributed by atoms with E-state index in [1.807, 2.05) is 7.05 Å². The average Bonchev–Trinajstić information content (AvgIpc) is 2.67. The summed E-state index contributed by atoms with van der Waals surface area (Å²) in [6, 6.07) is 2.61. The summed E-state index contributed by atoms with van der Waals surface area (Å²) in [5.74, 6) is -0.133. The maximum Gasteiger partial charge on any atom is 0.140 e. The summed E-state index contributed by atoms with van der Waals surface area (Å²) in [5.41, 5.74) is 0.145. The Balaban J connectivity index is 2.33. The summed E-state index contributed by atoms with van der Waals surface area (Å²) in [4.78, 5) is 2.07. The Morgan fingerprint density at radius 1 is 1.50 bits per heavy atom. The van der Waals surface area contributed by atoms with Gasteiger partial charge in [-0.1, -0.05) is 0 Å². The van der Waals surface area contributed by atoms with Crippen molar-refractivity contribution in [1.82, 2.24) is 9.47 Å². The molecule has 0 amide bonds. The third kappa shape index (κ3) is 1.90. The van der Waals surface area contributed by atoms with Crippen LogP contribution >= 0.6 is 0 Å². The number of hydrogen-bond donors (Lipinski definition) is 2. The lowest BCUT2D eigenvalue weighted by atomic mass is 10.2. The van der Waals surface area contributed by atoms with E-state index in [2.05, 4.69) is 4.90 Å². The smallest absolute Gasteiger partial charge is 0.140 e. The summed E-state index contributed by atoms with van der Waals surface area (Å²) >= 11 is 0. The van der Waals surface area contributed by atoms with Gasteiger partial charge < -0.3 is 0 Å². The first-order valence-corrected chi connectivity index (χ1v) is 5.31. The van der Waals surface area contributed by atoms with Gasteiger partial charge in [-0.25, -0.2) is 4.39 Å². The van der Waals surface area contributed by atoms with Gasteiger partial charge in [0.2, 0.25) is 0 Å². The fourth-order valence-electron chi connectivity index (χ4n) is 2.09.